The Morgan fingerprint density at radius 2 is 1.38 bits per heavy atom. The topological polar surface area (TPSA) is 46.7 Å². The number of nitrogens with zero attached hydrogens (tertiary/aromatic N) is 4. The summed E-state index contributed by atoms with van der Waals surface area (Å²) in [5.74, 6) is 2.35. The first-order valence-corrected chi connectivity index (χ1v) is 18.1. The fourth-order valence-electron chi connectivity index (χ4n) is 7.82. The first kappa shape index (κ1) is 31.2. The molecule has 6 nitrogen and oxygen atoms in total. The van der Waals surface area contributed by atoms with Gasteiger partial charge in [-0.15, -0.1) is 0 Å². The molecule has 3 aromatic heterocycles. The number of furan rings is 1. The van der Waals surface area contributed by atoms with Gasteiger partial charge in [-0.3, -0.25) is 4.57 Å². The van der Waals surface area contributed by atoms with Crippen LogP contribution in [0.15, 0.2) is 150 Å². The molecule has 0 saturated carbocycles. The minimum Gasteiger partial charge on any atom is -0.457 e. The third-order valence-corrected chi connectivity index (χ3v) is 10.6. The summed E-state index contributed by atoms with van der Waals surface area (Å²) in [6.45, 7) is 7.51. The van der Waals surface area contributed by atoms with Crippen LogP contribution < -0.4 is 14.5 Å². The number of anilines is 3. The van der Waals surface area contributed by atoms with E-state index in [-0.39, 0.29) is 5.41 Å². The number of fused-ring (bicyclic) bond motifs is 7. The quantitative estimate of drug-likeness (QED) is 0.180. The lowest BCUT2D eigenvalue weighted by molar-refractivity contribution is 0.479. The zero-order valence-corrected chi connectivity index (χ0v) is 30.2. The summed E-state index contributed by atoms with van der Waals surface area (Å²) >= 11 is 0. The maximum absolute atomic E-state index is 6.83. The van der Waals surface area contributed by atoms with Crippen LogP contribution in [0, 0.1) is 0 Å². The van der Waals surface area contributed by atoms with Gasteiger partial charge in [-0.1, -0.05) is 93.6 Å². The number of rotatable bonds is 5. The van der Waals surface area contributed by atoms with Crippen LogP contribution in [0.4, 0.5) is 17.1 Å². The molecular weight excluding hydrogens is 653 g/mol. The van der Waals surface area contributed by atoms with Crippen molar-refractivity contribution in [1.29, 1.82) is 0 Å². The lowest BCUT2D eigenvalue weighted by Gasteiger charge is -2.26. The molecule has 1 aliphatic heterocycles. The molecular formula is C47H38N4O2. The highest BCUT2D eigenvalue weighted by Gasteiger charge is 2.27. The molecule has 10 rings (SSSR count). The minimum atomic E-state index is -0.0915. The fraction of sp³-hybridized carbons (Fsp3) is 0.128. The van der Waals surface area contributed by atoms with Crippen LogP contribution in [-0.2, 0) is 5.41 Å². The number of hydrogen-bond donors (Lipinski definition) is 0. The maximum atomic E-state index is 6.83. The van der Waals surface area contributed by atoms with Crippen LogP contribution in [0.3, 0.4) is 0 Å². The van der Waals surface area contributed by atoms with E-state index in [4.69, 9.17) is 14.1 Å². The summed E-state index contributed by atoms with van der Waals surface area (Å²) in [6, 6.07) is 49.0. The first-order chi connectivity index (χ1) is 25.8. The zero-order valence-electron chi connectivity index (χ0n) is 30.2. The Kier molecular flexibility index (Phi) is 6.92. The second-order valence-corrected chi connectivity index (χ2v) is 15.1. The van der Waals surface area contributed by atoms with Gasteiger partial charge in [0.2, 0.25) is 0 Å². The van der Waals surface area contributed by atoms with E-state index in [0.29, 0.717) is 0 Å². The van der Waals surface area contributed by atoms with Crippen molar-refractivity contribution in [1.82, 2.24) is 9.55 Å². The van der Waals surface area contributed by atoms with Crippen molar-refractivity contribution >= 4 is 60.8 Å². The Hall–Kier alpha value is -6.53. The molecule has 6 aromatic carbocycles. The number of benzene rings is 6. The van der Waals surface area contributed by atoms with Gasteiger partial charge in [-0.05, 0) is 70.6 Å². The van der Waals surface area contributed by atoms with E-state index < -0.39 is 0 Å². The molecule has 0 saturated heterocycles. The van der Waals surface area contributed by atoms with Gasteiger partial charge < -0.3 is 19.0 Å². The molecule has 0 amide bonds. The standard InChI is InChI=1S/C47H38N4O2/c1-47(2,3)32-23-33(50-29-49(4)41-21-18-31(22-43(41)50)30-12-6-5-7-13-30)25-35(24-32)52-34-19-20-37-36-14-8-10-16-40(36)51(42(37)26-34)46-27-45-39(28-48-46)38-15-9-11-17-44(38)53-45/h5-28H,29H2,1-4H3. The second-order valence-electron chi connectivity index (χ2n) is 15.1. The van der Waals surface area contributed by atoms with Crippen molar-refractivity contribution in [2.75, 3.05) is 23.5 Å². The first-order valence-electron chi connectivity index (χ1n) is 18.1. The Bertz CT molecular complexity index is 2860. The smallest absolute Gasteiger partial charge is 0.141 e. The molecule has 6 heteroatoms. The summed E-state index contributed by atoms with van der Waals surface area (Å²) < 4.78 is 15.3. The van der Waals surface area contributed by atoms with Gasteiger partial charge in [-0.25, -0.2) is 4.98 Å². The highest BCUT2D eigenvalue weighted by Crippen LogP contribution is 2.45. The summed E-state index contributed by atoms with van der Waals surface area (Å²) in [5, 5.41) is 4.36. The molecule has 0 radical (unpaired) electrons. The number of ether oxygens (including phenoxy) is 1. The molecule has 0 fully saturated rings. The van der Waals surface area contributed by atoms with Crippen molar-refractivity contribution in [2.45, 2.75) is 26.2 Å². The molecule has 0 unspecified atom stereocenters. The molecule has 0 bridgehead atoms. The second kappa shape index (κ2) is 11.8. The van der Waals surface area contributed by atoms with Gasteiger partial charge in [0.25, 0.3) is 0 Å². The van der Waals surface area contributed by atoms with Crippen LogP contribution in [0.2, 0.25) is 0 Å². The number of para-hydroxylation sites is 2. The van der Waals surface area contributed by atoms with Crippen LogP contribution in [0.25, 0.3) is 60.7 Å². The van der Waals surface area contributed by atoms with E-state index in [1.807, 2.05) is 30.5 Å². The highest BCUT2D eigenvalue weighted by atomic mass is 16.5. The van der Waals surface area contributed by atoms with Gasteiger partial charge in [0, 0.05) is 58.7 Å². The third-order valence-electron chi connectivity index (χ3n) is 10.6. The normalized spacial score (nSPS) is 13.1. The largest absolute Gasteiger partial charge is 0.457 e. The van der Waals surface area contributed by atoms with Crippen LogP contribution in [-0.4, -0.2) is 23.3 Å². The number of pyridine rings is 1. The lowest BCUT2D eigenvalue weighted by Crippen LogP contribution is -2.24. The van der Waals surface area contributed by atoms with Crippen molar-refractivity contribution in [3.63, 3.8) is 0 Å². The third kappa shape index (κ3) is 5.21. The Morgan fingerprint density at radius 1 is 0.604 bits per heavy atom. The van der Waals surface area contributed by atoms with Gasteiger partial charge >= 0.3 is 0 Å². The fourth-order valence-corrected chi connectivity index (χ4v) is 7.82. The molecule has 4 heterocycles. The van der Waals surface area contributed by atoms with Crippen LogP contribution in [0.1, 0.15) is 26.3 Å². The summed E-state index contributed by atoms with van der Waals surface area (Å²) in [6.07, 6.45) is 1.92. The molecule has 0 N–H and O–H groups in total. The van der Waals surface area contributed by atoms with Crippen LogP contribution in [0.5, 0.6) is 11.5 Å². The van der Waals surface area contributed by atoms with Gasteiger partial charge in [-0.2, -0.15) is 0 Å². The number of aromatic nitrogens is 2. The van der Waals surface area contributed by atoms with Crippen molar-refractivity contribution < 1.29 is 9.15 Å². The van der Waals surface area contributed by atoms with E-state index in [1.54, 1.807) is 0 Å². The van der Waals surface area contributed by atoms with Crippen molar-refractivity contribution in [2.24, 2.45) is 0 Å². The molecule has 53 heavy (non-hydrogen) atoms. The molecule has 0 spiro atoms. The molecule has 0 atom stereocenters. The summed E-state index contributed by atoms with van der Waals surface area (Å²) in [5.41, 5.74) is 10.8. The van der Waals surface area contributed by atoms with E-state index in [9.17, 15) is 0 Å². The average molecular weight is 691 g/mol. The number of hydrogen-bond acceptors (Lipinski definition) is 5. The van der Waals surface area contributed by atoms with Crippen LogP contribution >= 0.6 is 0 Å². The molecule has 1 aliphatic rings. The molecule has 9 aromatic rings. The van der Waals surface area contributed by atoms with E-state index >= 15 is 0 Å². The van der Waals surface area contributed by atoms with Gasteiger partial charge in [0.1, 0.15) is 28.5 Å². The Labute approximate surface area is 308 Å². The molecule has 0 aliphatic carbocycles. The minimum absolute atomic E-state index is 0.0915. The lowest BCUT2D eigenvalue weighted by atomic mass is 9.86. The van der Waals surface area contributed by atoms with E-state index in [1.165, 1.54) is 28.1 Å². The summed E-state index contributed by atoms with van der Waals surface area (Å²) in [7, 11) is 2.15. The molecule has 258 valence electrons. The predicted molar refractivity (Wildman–Crippen MR) is 218 cm³/mol. The van der Waals surface area contributed by atoms with Crippen molar-refractivity contribution in [3.8, 4) is 28.4 Å². The Morgan fingerprint density at radius 3 is 2.23 bits per heavy atom. The summed E-state index contributed by atoms with van der Waals surface area (Å²) in [4.78, 5) is 9.68. The highest BCUT2D eigenvalue weighted by molar-refractivity contribution is 6.10. The maximum Gasteiger partial charge on any atom is 0.141 e. The van der Waals surface area contributed by atoms with Crippen molar-refractivity contribution in [3.05, 3.63) is 151 Å². The van der Waals surface area contributed by atoms with E-state index in [0.717, 1.165) is 73.4 Å². The Balaban J connectivity index is 1.08. The van der Waals surface area contributed by atoms with Gasteiger partial charge in [0.05, 0.1) is 29.1 Å². The van der Waals surface area contributed by atoms with E-state index in [2.05, 4.69) is 157 Å². The van der Waals surface area contributed by atoms with Gasteiger partial charge in [0.15, 0.2) is 0 Å². The monoisotopic (exact) mass is 690 g/mol. The predicted octanol–water partition coefficient (Wildman–Crippen LogP) is 12.4. The average Bonchev–Trinajstić information content (AvgIpc) is 3.83. The SMILES string of the molecule is CN1CN(c2cc(Oc3ccc4c5ccccc5n(-c5cc6oc7ccccc7c6cn5)c4c3)cc(C(C)(C)C)c2)c2cc(-c3ccccc3)ccc21. The zero-order chi connectivity index (χ0) is 35.8.